The van der Waals surface area contributed by atoms with Crippen molar-refractivity contribution in [1.82, 2.24) is 0 Å². The molecule has 0 aromatic heterocycles. The third-order valence-electron chi connectivity index (χ3n) is 3.35. The summed E-state index contributed by atoms with van der Waals surface area (Å²) in [6.45, 7) is 5.22. The second-order valence-electron chi connectivity index (χ2n) is 4.77. The van der Waals surface area contributed by atoms with Gasteiger partial charge < -0.3 is 9.47 Å². The van der Waals surface area contributed by atoms with Crippen LogP contribution in [-0.4, -0.2) is 25.1 Å². The topological polar surface area (TPSA) is 35.5 Å². The Morgan fingerprint density at radius 2 is 1.89 bits per heavy atom. The van der Waals surface area contributed by atoms with E-state index in [-0.39, 0.29) is 11.9 Å². The van der Waals surface area contributed by atoms with Crippen LogP contribution < -0.4 is 0 Å². The molecule has 1 aromatic rings. The minimum atomic E-state index is 0.0640. The van der Waals surface area contributed by atoms with Crippen molar-refractivity contribution >= 4 is 5.78 Å². The molecule has 98 valence electrons. The van der Waals surface area contributed by atoms with Gasteiger partial charge in [-0.2, -0.15) is 0 Å². The van der Waals surface area contributed by atoms with Crippen molar-refractivity contribution in [2.75, 3.05) is 13.2 Å². The standard InChI is InChI=1S/C15H20O3/c1-11(16)13-3-5-14(6-4-13)12(2)18-15-7-9-17-10-8-15/h3-6,12,15H,7-10H2,1-2H3. The third kappa shape index (κ3) is 3.40. The zero-order valence-corrected chi connectivity index (χ0v) is 11.0. The lowest BCUT2D eigenvalue weighted by Crippen LogP contribution is -2.24. The van der Waals surface area contributed by atoms with Crippen molar-refractivity contribution in [1.29, 1.82) is 0 Å². The maximum absolute atomic E-state index is 11.2. The van der Waals surface area contributed by atoms with Crippen LogP contribution in [0.2, 0.25) is 0 Å². The molecule has 0 radical (unpaired) electrons. The monoisotopic (exact) mass is 248 g/mol. The lowest BCUT2D eigenvalue weighted by atomic mass is 10.1. The Bertz CT molecular complexity index is 391. The first kappa shape index (κ1) is 13.2. The lowest BCUT2D eigenvalue weighted by Gasteiger charge is -2.26. The van der Waals surface area contributed by atoms with E-state index in [0.717, 1.165) is 37.2 Å². The fraction of sp³-hybridized carbons (Fsp3) is 0.533. The zero-order valence-electron chi connectivity index (χ0n) is 11.0. The number of hydrogen-bond acceptors (Lipinski definition) is 3. The third-order valence-corrected chi connectivity index (χ3v) is 3.35. The van der Waals surface area contributed by atoms with E-state index in [9.17, 15) is 4.79 Å². The van der Waals surface area contributed by atoms with Gasteiger partial charge in [0.1, 0.15) is 0 Å². The second kappa shape index (κ2) is 6.12. The number of carbonyl (C=O) groups excluding carboxylic acids is 1. The van der Waals surface area contributed by atoms with Gasteiger partial charge in [-0.05, 0) is 32.3 Å². The van der Waals surface area contributed by atoms with Crippen molar-refractivity contribution in [2.24, 2.45) is 0 Å². The fourth-order valence-corrected chi connectivity index (χ4v) is 2.17. The van der Waals surface area contributed by atoms with Crippen molar-refractivity contribution in [3.05, 3.63) is 35.4 Å². The molecule has 1 unspecified atom stereocenters. The number of ether oxygens (including phenoxy) is 2. The molecule has 0 N–H and O–H groups in total. The Hall–Kier alpha value is -1.19. The maximum atomic E-state index is 11.2. The van der Waals surface area contributed by atoms with E-state index in [1.807, 2.05) is 24.3 Å². The van der Waals surface area contributed by atoms with Gasteiger partial charge in [-0.3, -0.25) is 4.79 Å². The van der Waals surface area contributed by atoms with Crippen molar-refractivity contribution in [3.8, 4) is 0 Å². The maximum Gasteiger partial charge on any atom is 0.159 e. The molecule has 2 rings (SSSR count). The second-order valence-corrected chi connectivity index (χ2v) is 4.77. The first-order valence-electron chi connectivity index (χ1n) is 6.51. The Kier molecular flexibility index (Phi) is 4.50. The fourth-order valence-electron chi connectivity index (χ4n) is 2.17. The average molecular weight is 248 g/mol. The summed E-state index contributed by atoms with van der Waals surface area (Å²) in [5.74, 6) is 0.0968. The predicted molar refractivity (Wildman–Crippen MR) is 69.8 cm³/mol. The minimum Gasteiger partial charge on any atom is -0.381 e. The lowest BCUT2D eigenvalue weighted by molar-refractivity contribution is -0.0636. The van der Waals surface area contributed by atoms with Crippen molar-refractivity contribution in [3.63, 3.8) is 0 Å². The summed E-state index contributed by atoms with van der Waals surface area (Å²) in [4.78, 5) is 11.2. The van der Waals surface area contributed by atoms with Crippen LogP contribution in [0.1, 0.15) is 48.7 Å². The van der Waals surface area contributed by atoms with Gasteiger partial charge in [0.2, 0.25) is 0 Å². The smallest absolute Gasteiger partial charge is 0.159 e. The summed E-state index contributed by atoms with van der Waals surface area (Å²) in [5.41, 5.74) is 1.86. The van der Waals surface area contributed by atoms with E-state index in [0.29, 0.717) is 6.10 Å². The van der Waals surface area contributed by atoms with Crippen molar-refractivity contribution in [2.45, 2.75) is 38.9 Å². The van der Waals surface area contributed by atoms with Crippen LogP contribution in [0.3, 0.4) is 0 Å². The number of carbonyl (C=O) groups is 1. The number of ketones is 1. The van der Waals surface area contributed by atoms with Gasteiger partial charge in [-0.15, -0.1) is 0 Å². The molecule has 0 aliphatic carbocycles. The van der Waals surface area contributed by atoms with Crippen LogP contribution >= 0.6 is 0 Å². The van der Waals surface area contributed by atoms with Gasteiger partial charge in [0, 0.05) is 18.8 Å². The van der Waals surface area contributed by atoms with Crippen LogP contribution in [0.4, 0.5) is 0 Å². The zero-order chi connectivity index (χ0) is 13.0. The molecule has 1 atom stereocenters. The van der Waals surface area contributed by atoms with Gasteiger partial charge in [0.15, 0.2) is 5.78 Å². The Labute approximate surface area is 108 Å². The van der Waals surface area contributed by atoms with Gasteiger partial charge in [-0.1, -0.05) is 24.3 Å². The molecule has 1 aromatic carbocycles. The molecule has 0 amide bonds. The van der Waals surface area contributed by atoms with Crippen LogP contribution in [0.15, 0.2) is 24.3 Å². The van der Waals surface area contributed by atoms with E-state index in [2.05, 4.69) is 6.92 Å². The molecule has 0 bridgehead atoms. The summed E-state index contributed by atoms with van der Waals surface area (Å²) in [5, 5.41) is 0. The average Bonchev–Trinajstić information content (AvgIpc) is 2.40. The quantitative estimate of drug-likeness (QED) is 0.768. The van der Waals surface area contributed by atoms with E-state index >= 15 is 0 Å². The summed E-state index contributed by atoms with van der Waals surface area (Å²) in [7, 11) is 0. The van der Waals surface area contributed by atoms with Crippen molar-refractivity contribution < 1.29 is 14.3 Å². The Morgan fingerprint density at radius 1 is 1.28 bits per heavy atom. The predicted octanol–water partition coefficient (Wildman–Crippen LogP) is 3.15. The molecule has 0 spiro atoms. The number of hydrogen-bond donors (Lipinski definition) is 0. The SMILES string of the molecule is CC(=O)c1ccc(C(C)OC2CCOCC2)cc1. The van der Waals surface area contributed by atoms with E-state index in [1.54, 1.807) is 6.92 Å². The van der Waals surface area contributed by atoms with Gasteiger partial charge in [0.05, 0.1) is 12.2 Å². The highest BCUT2D eigenvalue weighted by molar-refractivity contribution is 5.94. The first-order valence-corrected chi connectivity index (χ1v) is 6.51. The van der Waals surface area contributed by atoms with E-state index in [4.69, 9.17) is 9.47 Å². The molecule has 3 heteroatoms. The van der Waals surface area contributed by atoms with Crippen LogP contribution in [-0.2, 0) is 9.47 Å². The number of rotatable bonds is 4. The Balaban J connectivity index is 1.95. The van der Waals surface area contributed by atoms with Gasteiger partial charge in [-0.25, -0.2) is 0 Å². The molecule has 3 nitrogen and oxygen atoms in total. The van der Waals surface area contributed by atoms with Crippen LogP contribution in [0, 0.1) is 0 Å². The molecule has 1 aliphatic heterocycles. The molecule has 1 aliphatic rings. The first-order chi connectivity index (χ1) is 8.66. The number of benzene rings is 1. The van der Waals surface area contributed by atoms with E-state index < -0.39 is 0 Å². The molecular weight excluding hydrogens is 228 g/mol. The summed E-state index contributed by atoms with van der Waals surface area (Å²) >= 11 is 0. The largest absolute Gasteiger partial charge is 0.381 e. The Morgan fingerprint density at radius 3 is 2.44 bits per heavy atom. The van der Waals surface area contributed by atoms with Crippen LogP contribution in [0.5, 0.6) is 0 Å². The number of Topliss-reactive ketones (excluding diaryl/α,β-unsaturated/α-hetero) is 1. The molecule has 0 saturated carbocycles. The summed E-state index contributed by atoms with van der Waals surface area (Å²) in [6.07, 6.45) is 2.29. The molecule has 1 fully saturated rings. The summed E-state index contributed by atoms with van der Waals surface area (Å²) < 4.78 is 11.3. The van der Waals surface area contributed by atoms with Crippen LogP contribution in [0.25, 0.3) is 0 Å². The highest BCUT2D eigenvalue weighted by atomic mass is 16.5. The normalized spacial score (nSPS) is 18.6. The highest BCUT2D eigenvalue weighted by Gasteiger charge is 2.18. The van der Waals surface area contributed by atoms with Gasteiger partial charge >= 0.3 is 0 Å². The highest BCUT2D eigenvalue weighted by Crippen LogP contribution is 2.23. The van der Waals surface area contributed by atoms with Gasteiger partial charge in [0.25, 0.3) is 0 Å². The molecule has 1 heterocycles. The minimum absolute atomic E-state index is 0.0640. The molecule has 18 heavy (non-hydrogen) atoms. The molecule has 1 saturated heterocycles. The van der Waals surface area contributed by atoms with E-state index in [1.165, 1.54) is 0 Å². The molecular formula is C15H20O3. The summed E-state index contributed by atoms with van der Waals surface area (Å²) in [6, 6.07) is 7.67.